The first-order chi connectivity index (χ1) is 6.72. The highest BCUT2D eigenvalue weighted by Gasteiger charge is 2.09. The molecule has 0 saturated carbocycles. The maximum absolute atomic E-state index is 10.4. The van der Waals surface area contributed by atoms with Crippen molar-refractivity contribution in [2.45, 2.75) is 26.2 Å². The Kier molecular flexibility index (Phi) is 3.97. The van der Waals surface area contributed by atoms with Crippen molar-refractivity contribution in [2.24, 2.45) is 10.8 Å². The first-order valence-electron chi connectivity index (χ1n) is 4.67. The average Bonchev–Trinajstić information content (AvgIpc) is 2.16. The van der Waals surface area contributed by atoms with Gasteiger partial charge in [0, 0.05) is 6.42 Å². The van der Waals surface area contributed by atoms with Gasteiger partial charge in [-0.2, -0.15) is 5.10 Å². The molecule has 1 rings (SSSR count). The van der Waals surface area contributed by atoms with Crippen molar-refractivity contribution >= 4 is 11.7 Å². The van der Waals surface area contributed by atoms with Crippen molar-refractivity contribution in [3.05, 3.63) is 11.8 Å². The lowest BCUT2D eigenvalue weighted by molar-refractivity contribution is 0.216. The Labute approximate surface area is 83.0 Å². The zero-order valence-electron chi connectivity index (χ0n) is 8.25. The van der Waals surface area contributed by atoms with Crippen LogP contribution in [0.3, 0.4) is 0 Å². The summed E-state index contributed by atoms with van der Waals surface area (Å²) in [6.45, 7) is 2.59. The number of nitrogens with two attached hydrogens (primary N) is 1. The summed E-state index contributed by atoms with van der Waals surface area (Å²) in [7, 11) is 0. The molecule has 14 heavy (non-hydrogen) atoms. The third-order valence-corrected chi connectivity index (χ3v) is 1.82. The molecule has 0 spiro atoms. The van der Waals surface area contributed by atoms with Gasteiger partial charge in [-0.25, -0.2) is 10.2 Å². The fourth-order valence-corrected chi connectivity index (χ4v) is 1.29. The van der Waals surface area contributed by atoms with Crippen LogP contribution in [0, 0.1) is 0 Å². The Morgan fingerprint density at radius 2 is 2.50 bits per heavy atom. The molecule has 0 aliphatic heterocycles. The van der Waals surface area contributed by atoms with Crippen LogP contribution in [0.4, 0.5) is 4.79 Å². The van der Waals surface area contributed by atoms with Gasteiger partial charge in [0.05, 0.1) is 18.1 Å². The number of hydrogen-bond donors (Lipinski definition) is 2. The Morgan fingerprint density at radius 3 is 3.14 bits per heavy atom. The Morgan fingerprint density at radius 1 is 1.71 bits per heavy atom. The van der Waals surface area contributed by atoms with Crippen LogP contribution in [0.2, 0.25) is 0 Å². The molecule has 1 aliphatic carbocycles. The van der Waals surface area contributed by atoms with Crippen molar-refractivity contribution in [3.8, 4) is 0 Å². The number of carbonyl (C=O) groups excluding carboxylic acids is 1. The van der Waals surface area contributed by atoms with E-state index in [0.717, 1.165) is 30.7 Å². The minimum Gasteiger partial charge on any atom is -0.498 e. The standard InChI is InChI=1S/C9H15N3O2/c1-2-14-8-5-3-4-7(6-8)11-12-9(10)13/h6H,2-5H2,1H3,(H3,10,12,13)/b11-7+. The highest BCUT2D eigenvalue weighted by molar-refractivity contribution is 5.96. The minimum absolute atomic E-state index is 0.644. The molecule has 0 unspecified atom stereocenters. The largest absolute Gasteiger partial charge is 0.498 e. The van der Waals surface area contributed by atoms with E-state index < -0.39 is 6.03 Å². The predicted octanol–water partition coefficient (Wildman–Crippen LogP) is 1.11. The summed E-state index contributed by atoms with van der Waals surface area (Å²) in [4.78, 5) is 10.4. The van der Waals surface area contributed by atoms with Crippen molar-refractivity contribution in [1.82, 2.24) is 5.43 Å². The predicted molar refractivity (Wildman–Crippen MR) is 53.7 cm³/mol. The molecule has 0 bridgehead atoms. The van der Waals surface area contributed by atoms with Gasteiger partial charge in [0.1, 0.15) is 0 Å². The molecule has 5 heteroatoms. The second-order valence-corrected chi connectivity index (χ2v) is 2.98. The van der Waals surface area contributed by atoms with Gasteiger partial charge in [-0.1, -0.05) is 0 Å². The third kappa shape index (κ3) is 3.47. The quantitative estimate of drug-likeness (QED) is 0.665. The minimum atomic E-state index is -0.644. The maximum atomic E-state index is 10.4. The Hall–Kier alpha value is -1.52. The van der Waals surface area contributed by atoms with E-state index in [9.17, 15) is 4.79 Å². The van der Waals surface area contributed by atoms with Crippen LogP contribution in [0.1, 0.15) is 26.2 Å². The lowest BCUT2D eigenvalue weighted by Gasteiger charge is -2.14. The molecular formula is C9H15N3O2. The first-order valence-corrected chi connectivity index (χ1v) is 4.67. The van der Waals surface area contributed by atoms with E-state index >= 15 is 0 Å². The number of primary amides is 1. The van der Waals surface area contributed by atoms with Gasteiger partial charge < -0.3 is 10.5 Å². The summed E-state index contributed by atoms with van der Waals surface area (Å²) in [6, 6.07) is -0.644. The molecule has 3 N–H and O–H groups in total. The highest BCUT2D eigenvalue weighted by atomic mass is 16.5. The van der Waals surface area contributed by atoms with Gasteiger partial charge in [-0.15, -0.1) is 0 Å². The van der Waals surface area contributed by atoms with Crippen LogP contribution in [0.5, 0.6) is 0 Å². The summed E-state index contributed by atoms with van der Waals surface area (Å²) < 4.78 is 5.36. The summed E-state index contributed by atoms with van der Waals surface area (Å²) in [5.74, 6) is 0.920. The molecule has 0 radical (unpaired) electrons. The number of urea groups is 1. The van der Waals surface area contributed by atoms with Crippen LogP contribution >= 0.6 is 0 Å². The van der Waals surface area contributed by atoms with Gasteiger partial charge in [0.2, 0.25) is 0 Å². The summed E-state index contributed by atoms with van der Waals surface area (Å²) in [6.07, 6.45) is 4.62. The molecule has 0 aromatic rings. The zero-order chi connectivity index (χ0) is 10.4. The number of amides is 2. The number of ether oxygens (including phenoxy) is 1. The number of carbonyl (C=O) groups is 1. The second-order valence-electron chi connectivity index (χ2n) is 2.98. The van der Waals surface area contributed by atoms with E-state index in [-0.39, 0.29) is 0 Å². The normalized spacial score (nSPS) is 18.9. The van der Waals surface area contributed by atoms with Crippen molar-refractivity contribution in [3.63, 3.8) is 0 Å². The monoisotopic (exact) mass is 197 g/mol. The van der Waals surface area contributed by atoms with E-state index in [2.05, 4.69) is 10.5 Å². The van der Waals surface area contributed by atoms with Crippen LogP contribution < -0.4 is 11.2 Å². The lowest BCUT2D eigenvalue weighted by atomic mass is 10.0. The van der Waals surface area contributed by atoms with Crippen LogP contribution in [-0.2, 0) is 4.74 Å². The SMILES string of the molecule is CCOC1=C/C(=N/NC(N)=O)CCC1. The van der Waals surface area contributed by atoms with Gasteiger partial charge in [0.25, 0.3) is 0 Å². The van der Waals surface area contributed by atoms with Gasteiger partial charge >= 0.3 is 6.03 Å². The summed E-state index contributed by atoms with van der Waals surface area (Å²) in [5, 5.41) is 3.85. The van der Waals surface area contributed by atoms with E-state index in [1.165, 1.54) is 0 Å². The molecule has 0 aromatic carbocycles. The molecule has 1 aliphatic rings. The number of allylic oxidation sites excluding steroid dienone is 2. The van der Waals surface area contributed by atoms with E-state index in [0.29, 0.717) is 6.61 Å². The van der Waals surface area contributed by atoms with Crippen LogP contribution in [0.15, 0.2) is 16.9 Å². The maximum Gasteiger partial charge on any atom is 0.332 e. The van der Waals surface area contributed by atoms with E-state index in [4.69, 9.17) is 10.5 Å². The summed E-state index contributed by atoms with van der Waals surface area (Å²) in [5.41, 5.74) is 7.90. The molecular weight excluding hydrogens is 182 g/mol. The fraction of sp³-hybridized carbons (Fsp3) is 0.556. The molecule has 0 aromatic heterocycles. The van der Waals surface area contributed by atoms with E-state index in [1.807, 2.05) is 13.0 Å². The topological polar surface area (TPSA) is 76.7 Å². The molecule has 78 valence electrons. The van der Waals surface area contributed by atoms with Crippen molar-refractivity contribution in [2.75, 3.05) is 6.61 Å². The third-order valence-electron chi connectivity index (χ3n) is 1.82. The Balaban J connectivity index is 2.57. The number of rotatable bonds is 3. The Bertz CT molecular complexity index is 271. The highest BCUT2D eigenvalue weighted by Crippen LogP contribution is 2.16. The molecule has 0 fully saturated rings. The van der Waals surface area contributed by atoms with Crippen molar-refractivity contribution < 1.29 is 9.53 Å². The molecule has 0 saturated heterocycles. The molecule has 0 heterocycles. The average molecular weight is 197 g/mol. The number of nitrogens with zero attached hydrogens (tertiary/aromatic N) is 1. The van der Waals surface area contributed by atoms with Crippen molar-refractivity contribution in [1.29, 1.82) is 0 Å². The van der Waals surface area contributed by atoms with Gasteiger partial charge in [-0.05, 0) is 25.8 Å². The molecule has 0 atom stereocenters. The van der Waals surface area contributed by atoms with E-state index in [1.54, 1.807) is 0 Å². The molecule has 2 amide bonds. The number of hydrogen-bond acceptors (Lipinski definition) is 3. The summed E-state index contributed by atoms with van der Waals surface area (Å²) >= 11 is 0. The lowest BCUT2D eigenvalue weighted by Crippen LogP contribution is -2.26. The first kappa shape index (κ1) is 10.6. The zero-order valence-corrected chi connectivity index (χ0v) is 8.25. The second kappa shape index (κ2) is 5.26. The molecule has 5 nitrogen and oxygen atoms in total. The number of nitrogens with one attached hydrogen (secondary N) is 1. The van der Waals surface area contributed by atoms with Crippen LogP contribution in [0.25, 0.3) is 0 Å². The van der Waals surface area contributed by atoms with Gasteiger partial charge in [-0.3, -0.25) is 0 Å². The van der Waals surface area contributed by atoms with Crippen LogP contribution in [-0.4, -0.2) is 18.3 Å². The fourth-order valence-electron chi connectivity index (χ4n) is 1.29. The number of hydrazone groups is 1. The van der Waals surface area contributed by atoms with Gasteiger partial charge in [0.15, 0.2) is 0 Å². The smallest absolute Gasteiger partial charge is 0.332 e.